The molecule has 6 heteroatoms. The molecule has 0 aromatic carbocycles. The SMILES string of the molecule is CCNC(=NCCCOC)NCCCCCCC(=O)OC(C)(C)C. The van der Waals surface area contributed by atoms with Crippen molar-refractivity contribution >= 4 is 11.9 Å². The molecule has 2 N–H and O–H groups in total. The van der Waals surface area contributed by atoms with E-state index in [9.17, 15) is 4.79 Å². The Bertz CT molecular complexity index is 352. The number of hydrogen-bond donors (Lipinski definition) is 2. The first-order chi connectivity index (χ1) is 11.4. The number of hydrogen-bond acceptors (Lipinski definition) is 4. The Morgan fingerprint density at radius 1 is 1.04 bits per heavy atom. The molecule has 0 aromatic heterocycles. The summed E-state index contributed by atoms with van der Waals surface area (Å²) in [5.74, 6) is 0.764. The number of ether oxygens (including phenoxy) is 2. The maximum Gasteiger partial charge on any atom is 0.306 e. The van der Waals surface area contributed by atoms with Crippen LogP contribution >= 0.6 is 0 Å². The predicted molar refractivity (Wildman–Crippen MR) is 99.4 cm³/mol. The van der Waals surface area contributed by atoms with E-state index in [0.717, 1.165) is 64.3 Å². The van der Waals surface area contributed by atoms with Crippen molar-refractivity contribution in [2.45, 2.75) is 71.8 Å². The number of esters is 1. The molecule has 0 heterocycles. The molecule has 24 heavy (non-hydrogen) atoms. The molecule has 0 aliphatic heterocycles. The smallest absolute Gasteiger partial charge is 0.306 e. The molecule has 0 saturated carbocycles. The van der Waals surface area contributed by atoms with Crippen LogP contribution in [-0.4, -0.2) is 50.9 Å². The minimum absolute atomic E-state index is 0.0988. The molecule has 0 fully saturated rings. The third-order valence-corrected chi connectivity index (χ3v) is 3.14. The standard InChI is InChI=1S/C18H37N3O3/c1-6-19-17(21-14-11-15-23-5)20-13-10-8-7-9-12-16(22)24-18(2,3)4/h6-15H2,1-5H3,(H2,19,20,21). The van der Waals surface area contributed by atoms with Crippen molar-refractivity contribution < 1.29 is 14.3 Å². The first-order valence-corrected chi connectivity index (χ1v) is 9.12. The molecule has 0 aliphatic carbocycles. The Morgan fingerprint density at radius 3 is 2.38 bits per heavy atom. The quantitative estimate of drug-likeness (QED) is 0.247. The fraction of sp³-hybridized carbons (Fsp3) is 0.889. The lowest BCUT2D eigenvalue weighted by molar-refractivity contribution is -0.154. The van der Waals surface area contributed by atoms with Crippen molar-refractivity contribution in [2.24, 2.45) is 4.99 Å². The highest BCUT2D eigenvalue weighted by molar-refractivity contribution is 5.79. The van der Waals surface area contributed by atoms with Crippen LogP contribution in [0.2, 0.25) is 0 Å². The lowest BCUT2D eigenvalue weighted by Crippen LogP contribution is -2.37. The van der Waals surface area contributed by atoms with Gasteiger partial charge in [0.05, 0.1) is 0 Å². The van der Waals surface area contributed by atoms with Crippen molar-refractivity contribution in [3.63, 3.8) is 0 Å². The highest BCUT2D eigenvalue weighted by atomic mass is 16.6. The minimum atomic E-state index is -0.383. The molecular formula is C18H37N3O3. The van der Waals surface area contributed by atoms with E-state index in [1.54, 1.807) is 7.11 Å². The Morgan fingerprint density at radius 2 is 1.75 bits per heavy atom. The van der Waals surface area contributed by atoms with Crippen LogP contribution in [0.4, 0.5) is 0 Å². The number of nitrogens with one attached hydrogen (secondary N) is 2. The number of methoxy groups -OCH3 is 1. The largest absolute Gasteiger partial charge is 0.460 e. The van der Waals surface area contributed by atoms with E-state index in [1.165, 1.54) is 0 Å². The highest BCUT2D eigenvalue weighted by Gasteiger charge is 2.15. The van der Waals surface area contributed by atoms with Gasteiger partial charge in [0, 0.05) is 39.8 Å². The zero-order chi connectivity index (χ0) is 18.3. The average Bonchev–Trinajstić information content (AvgIpc) is 2.48. The first kappa shape index (κ1) is 22.7. The second-order valence-electron chi connectivity index (χ2n) is 6.78. The maximum absolute atomic E-state index is 11.6. The Kier molecular flexibility index (Phi) is 13.3. The summed E-state index contributed by atoms with van der Waals surface area (Å²) < 4.78 is 10.3. The lowest BCUT2D eigenvalue weighted by atomic mass is 10.1. The van der Waals surface area contributed by atoms with Gasteiger partial charge >= 0.3 is 5.97 Å². The van der Waals surface area contributed by atoms with Crippen LogP contribution in [0.25, 0.3) is 0 Å². The van der Waals surface area contributed by atoms with Crippen molar-refractivity contribution in [2.75, 3.05) is 33.4 Å². The highest BCUT2D eigenvalue weighted by Crippen LogP contribution is 2.10. The van der Waals surface area contributed by atoms with Crippen molar-refractivity contribution in [3.05, 3.63) is 0 Å². The van der Waals surface area contributed by atoms with Gasteiger partial charge in [-0.15, -0.1) is 0 Å². The number of aliphatic imine (C=N–C) groups is 1. The molecule has 6 nitrogen and oxygen atoms in total. The van der Waals surface area contributed by atoms with Gasteiger partial charge in [-0.1, -0.05) is 12.8 Å². The zero-order valence-electron chi connectivity index (χ0n) is 16.2. The number of guanidine groups is 1. The summed E-state index contributed by atoms with van der Waals surface area (Å²) >= 11 is 0. The number of carbonyl (C=O) groups is 1. The maximum atomic E-state index is 11.6. The number of carbonyl (C=O) groups excluding carboxylic acids is 1. The van der Waals surface area contributed by atoms with E-state index in [2.05, 4.69) is 22.5 Å². The van der Waals surface area contributed by atoms with Gasteiger partial charge in [-0.2, -0.15) is 0 Å². The van der Waals surface area contributed by atoms with Gasteiger partial charge in [-0.25, -0.2) is 0 Å². The van der Waals surface area contributed by atoms with Gasteiger partial charge in [-0.3, -0.25) is 9.79 Å². The van der Waals surface area contributed by atoms with Crippen LogP contribution in [0.15, 0.2) is 4.99 Å². The third-order valence-electron chi connectivity index (χ3n) is 3.14. The molecule has 0 spiro atoms. The molecule has 0 aliphatic rings. The molecule has 0 unspecified atom stereocenters. The molecule has 0 saturated heterocycles. The van der Waals surface area contributed by atoms with Gasteiger partial charge in [0.2, 0.25) is 0 Å². The van der Waals surface area contributed by atoms with Crippen molar-refractivity contribution in [1.82, 2.24) is 10.6 Å². The summed E-state index contributed by atoms with van der Waals surface area (Å²) in [7, 11) is 1.70. The first-order valence-electron chi connectivity index (χ1n) is 9.12. The molecule has 0 bridgehead atoms. The van der Waals surface area contributed by atoms with Gasteiger partial charge in [0.1, 0.15) is 5.60 Å². The van der Waals surface area contributed by atoms with Crippen LogP contribution in [-0.2, 0) is 14.3 Å². The zero-order valence-corrected chi connectivity index (χ0v) is 16.2. The topological polar surface area (TPSA) is 72.0 Å². The third kappa shape index (κ3) is 15.6. The summed E-state index contributed by atoms with van der Waals surface area (Å²) in [5.41, 5.74) is -0.383. The van der Waals surface area contributed by atoms with Gasteiger partial charge < -0.3 is 20.1 Å². The van der Waals surface area contributed by atoms with Crippen LogP contribution < -0.4 is 10.6 Å². The van der Waals surface area contributed by atoms with E-state index < -0.39 is 0 Å². The van der Waals surface area contributed by atoms with Crippen LogP contribution in [0.5, 0.6) is 0 Å². The monoisotopic (exact) mass is 343 g/mol. The predicted octanol–water partition coefficient (Wildman–Crippen LogP) is 2.87. The van der Waals surface area contributed by atoms with E-state index in [0.29, 0.717) is 6.42 Å². The van der Waals surface area contributed by atoms with Crippen molar-refractivity contribution in [3.8, 4) is 0 Å². The molecule has 0 atom stereocenters. The van der Waals surface area contributed by atoms with E-state index in [4.69, 9.17) is 9.47 Å². The fourth-order valence-electron chi connectivity index (χ4n) is 2.09. The fourth-order valence-corrected chi connectivity index (χ4v) is 2.09. The van der Waals surface area contributed by atoms with Gasteiger partial charge in [0.25, 0.3) is 0 Å². The summed E-state index contributed by atoms with van der Waals surface area (Å²) in [4.78, 5) is 16.1. The second-order valence-corrected chi connectivity index (χ2v) is 6.78. The Hall–Kier alpha value is -1.30. The number of nitrogens with zero attached hydrogens (tertiary/aromatic N) is 1. The normalized spacial score (nSPS) is 12.1. The Labute approximate surface area is 147 Å². The average molecular weight is 344 g/mol. The van der Waals surface area contributed by atoms with Crippen LogP contribution in [0.3, 0.4) is 0 Å². The lowest BCUT2D eigenvalue weighted by Gasteiger charge is -2.19. The van der Waals surface area contributed by atoms with Gasteiger partial charge in [-0.05, 0) is 47.0 Å². The Balaban J connectivity index is 3.69. The molecule has 142 valence electrons. The molecule has 0 amide bonds. The summed E-state index contributed by atoms with van der Waals surface area (Å²) in [6, 6.07) is 0. The summed E-state index contributed by atoms with van der Waals surface area (Å²) in [6.45, 7) is 11.0. The number of rotatable bonds is 12. The summed E-state index contributed by atoms with van der Waals surface area (Å²) in [6.07, 6.45) is 5.53. The van der Waals surface area contributed by atoms with Crippen LogP contribution in [0, 0.1) is 0 Å². The molecular weight excluding hydrogens is 306 g/mol. The molecule has 0 rings (SSSR count). The van der Waals surface area contributed by atoms with E-state index in [-0.39, 0.29) is 11.6 Å². The number of unbranched alkanes of at least 4 members (excludes halogenated alkanes) is 3. The van der Waals surface area contributed by atoms with Gasteiger partial charge in [0.15, 0.2) is 5.96 Å². The van der Waals surface area contributed by atoms with Crippen molar-refractivity contribution in [1.29, 1.82) is 0 Å². The second kappa shape index (κ2) is 14.1. The molecule has 0 radical (unpaired) electrons. The van der Waals surface area contributed by atoms with Crippen LogP contribution in [0.1, 0.15) is 66.2 Å². The summed E-state index contributed by atoms with van der Waals surface area (Å²) in [5, 5.41) is 6.57. The van der Waals surface area contributed by atoms with E-state index >= 15 is 0 Å². The molecule has 0 aromatic rings. The minimum Gasteiger partial charge on any atom is -0.460 e. The van der Waals surface area contributed by atoms with E-state index in [1.807, 2.05) is 20.8 Å².